The van der Waals surface area contributed by atoms with Gasteiger partial charge in [-0.3, -0.25) is 0 Å². The molecule has 0 fully saturated rings. The molecular weight excluding hydrogens is 554 g/mol. The van der Waals surface area contributed by atoms with Gasteiger partial charge in [-0.1, -0.05) is 87.0 Å². The lowest BCUT2D eigenvalue weighted by atomic mass is 9.90. The number of fused-ring (bicyclic) bond motifs is 4. The molecule has 6 heteroatoms. The molecule has 1 aliphatic carbocycles. The number of para-hydroxylation sites is 2. The average molecular weight is 580 g/mol. The Labute approximate surface area is 261 Å². The van der Waals surface area contributed by atoms with Crippen LogP contribution in [-0.4, -0.2) is 9.97 Å². The molecule has 0 N–H and O–H groups in total. The lowest BCUT2D eigenvalue weighted by molar-refractivity contribution is 0.431. The molecule has 212 valence electrons. The third-order valence-corrected chi connectivity index (χ3v) is 8.33. The summed E-state index contributed by atoms with van der Waals surface area (Å²) in [5.41, 5.74) is 9.84. The van der Waals surface area contributed by atoms with E-state index in [2.05, 4.69) is 65.4 Å². The van der Waals surface area contributed by atoms with Crippen LogP contribution in [0.25, 0.3) is 45.4 Å². The summed E-state index contributed by atoms with van der Waals surface area (Å²) in [5.74, 6) is 1.34. The molecule has 1 aliphatic heterocycles. The predicted molar refractivity (Wildman–Crippen MR) is 179 cm³/mol. The molecule has 0 amide bonds. The second-order valence-electron chi connectivity index (χ2n) is 10.6. The van der Waals surface area contributed by atoms with Crippen LogP contribution >= 0.6 is 0 Å². The number of nitriles is 2. The minimum atomic E-state index is 0.0338. The smallest absolute Gasteiger partial charge is 0.177 e. The van der Waals surface area contributed by atoms with Gasteiger partial charge in [-0.05, 0) is 58.8 Å². The van der Waals surface area contributed by atoms with Gasteiger partial charge in [0.2, 0.25) is 0 Å². The molecule has 1 aromatic heterocycles. The Morgan fingerprint density at radius 3 is 2.04 bits per heavy atom. The van der Waals surface area contributed by atoms with E-state index in [-0.39, 0.29) is 11.4 Å². The number of rotatable bonds is 7. The van der Waals surface area contributed by atoms with Crippen LogP contribution in [0.5, 0.6) is 5.75 Å². The quantitative estimate of drug-likeness (QED) is 0.188. The van der Waals surface area contributed by atoms with Crippen molar-refractivity contribution >= 4 is 34.3 Å². The van der Waals surface area contributed by atoms with Crippen LogP contribution in [0, 0.1) is 22.7 Å². The highest BCUT2D eigenvalue weighted by Gasteiger charge is 2.29. The number of ether oxygens (including phenoxy) is 1. The first-order valence-electron chi connectivity index (χ1n) is 14.3. The minimum Gasteiger partial charge on any atom is -0.453 e. The number of aromatic nitrogens is 2. The normalized spacial score (nSPS) is 12.4. The first-order chi connectivity index (χ1) is 22.1. The molecule has 2 aliphatic rings. The second-order valence-corrected chi connectivity index (χ2v) is 10.6. The summed E-state index contributed by atoms with van der Waals surface area (Å²) in [6, 6.07) is 26.3. The molecule has 7 rings (SSSR count). The van der Waals surface area contributed by atoms with Gasteiger partial charge in [0.25, 0.3) is 0 Å². The van der Waals surface area contributed by atoms with Gasteiger partial charge in [0, 0.05) is 22.1 Å². The number of anilines is 2. The van der Waals surface area contributed by atoms with Gasteiger partial charge in [-0.15, -0.1) is 0 Å². The molecule has 0 radical (unpaired) electrons. The highest BCUT2D eigenvalue weighted by Crippen LogP contribution is 2.48. The molecule has 0 saturated heterocycles. The largest absolute Gasteiger partial charge is 0.453 e. The molecule has 45 heavy (non-hydrogen) atoms. The van der Waals surface area contributed by atoms with Crippen molar-refractivity contribution in [1.82, 2.24) is 9.97 Å². The Balaban J connectivity index is 1.37. The van der Waals surface area contributed by atoms with E-state index in [1.54, 1.807) is 12.2 Å². The van der Waals surface area contributed by atoms with Crippen molar-refractivity contribution in [1.29, 1.82) is 10.5 Å². The average Bonchev–Trinajstić information content (AvgIpc) is 3.40. The third-order valence-electron chi connectivity index (χ3n) is 8.33. The van der Waals surface area contributed by atoms with E-state index < -0.39 is 0 Å². The molecule has 0 atom stereocenters. The van der Waals surface area contributed by atoms with Crippen LogP contribution in [0.4, 0.5) is 11.4 Å². The maximum Gasteiger partial charge on any atom is 0.177 e. The fraction of sp³-hybridized carbons (Fsp3) is 0.0256. The van der Waals surface area contributed by atoms with Crippen molar-refractivity contribution in [2.75, 3.05) is 4.90 Å². The first-order valence-corrected chi connectivity index (χ1v) is 14.3. The summed E-state index contributed by atoms with van der Waals surface area (Å²) in [6.45, 7) is 16.4. The zero-order chi connectivity index (χ0) is 31.2. The summed E-state index contributed by atoms with van der Waals surface area (Å²) in [5, 5.41) is 21.2. The number of hydrogen-bond acceptors (Lipinski definition) is 6. The van der Waals surface area contributed by atoms with E-state index in [0.717, 1.165) is 67.0 Å². The van der Waals surface area contributed by atoms with Crippen LogP contribution in [0.2, 0.25) is 0 Å². The van der Waals surface area contributed by atoms with Gasteiger partial charge in [-0.2, -0.15) is 10.5 Å². The van der Waals surface area contributed by atoms with E-state index in [4.69, 9.17) is 4.74 Å². The summed E-state index contributed by atoms with van der Waals surface area (Å²) >= 11 is 0. The van der Waals surface area contributed by atoms with Gasteiger partial charge in [-0.25, -0.2) is 9.97 Å². The maximum absolute atomic E-state index is 9.56. The number of nitrogens with zero attached hydrogens (tertiary/aromatic N) is 5. The molecule has 0 spiro atoms. The number of benzene rings is 4. The molecule has 0 saturated carbocycles. The van der Waals surface area contributed by atoms with Gasteiger partial charge < -0.3 is 9.64 Å². The Morgan fingerprint density at radius 1 is 0.689 bits per heavy atom. The third kappa shape index (κ3) is 4.01. The molecule has 0 unspecified atom stereocenters. The van der Waals surface area contributed by atoms with Crippen LogP contribution < -0.4 is 9.64 Å². The lowest BCUT2D eigenvalue weighted by Crippen LogP contribution is -2.24. The Kier molecular flexibility index (Phi) is 6.47. The summed E-state index contributed by atoms with van der Waals surface area (Å²) in [4.78, 5) is 11.2. The summed E-state index contributed by atoms with van der Waals surface area (Å²) in [7, 11) is 0. The van der Waals surface area contributed by atoms with Gasteiger partial charge in [0.15, 0.2) is 22.9 Å². The molecule has 6 nitrogen and oxygen atoms in total. The van der Waals surface area contributed by atoms with E-state index in [1.807, 2.05) is 66.8 Å². The molecular formula is C39H25N5O. The topological polar surface area (TPSA) is 85.8 Å². The fourth-order valence-electron chi connectivity index (χ4n) is 6.40. The maximum atomic E-state index is 9.56. The monoisotopic (exact) mass is 579 g/mol. The van der Waals surface area contributed by atoms with E-state index >= 15 is 0 Å². The van der Waals surface area contributed by atoms with E-state index in [0.29, 0.717) is 23.6 Å². The molecule has 0 bridgehead atoms. The van der Waals surface area contributed by atoms with Crippen LogP contribution in [0.3, 0.4) is 0 Å². The zero-order valence-corrected chi connectivity index (χ0v) is 24.3. The van der Waals surface area contributed by atoms with Gasteiger partial charge >= 0.3 is 0 Å². The zero-order valence-electron chi connectivity index (χ0n) is 24.3. The Hall–Kier alpha value is -6.50. The van der Waals surface area contributed by atoms with E-state index in [9.17, 15) is 10.5 Å². The minimum absolute atomic E-state index is 0.0338. The van der Waals surface area contributed by atoms with Crippen molar-refractivity contribution in [2.45, 2.75) is 6.42 Å². The fourth-order valence-corrected chi connectivity index (χ4v) is 6.40. The van der Waals surface area contributed by atoms with Gasteiger partial charge in [0.1, 0.15) is 12.1 Å². The number of hydrogen-bond donors (Lipinski definition) is 0. The Bertz CT molecular complexity index is 2230. The standard InChI is InChI=1S/C39H25N5O/c1-5-25-23(17-19-33(26(25)6-2)44-32(7-3)35(8-4)45-36-15-10-9-14-34(36)44)20-24-16-18-29-37-27(24)12-11-13-28(37)38-39(29)43-31(22-41)30(21-40)42-38/h5-19H,1-4,20H2. The predicted octanol–water partition coefficient (Wildman–Crippen LogP) is 9.01. The summed E-state index contributed by atoms with van der Waals surface area (Å²) in [6.07, 6.45) is 7.84. The van der Waals surface area contributed by atoms with Crippen LogP contribution in [-0.2, 0) is 6.42 Å². The highest BCUT2D eigenvalue weighted by molar-refractivity contribution is 6.14. The van der Waals surface area contributed by atoms with Crippen LogP contribution in [0.1, 0.15) is 33.6 Å². The molecule has 2 heterocycles. The van der Waals surface area contributed by atoms with Crippen molar-refractivity contribution in [2.24, 2.45) is 0 Å². The Morgan fingerprint density at radius 2 is 1.38 bits per heavy atom. The SMILES string of the molecule is C=CC1=C(C=C)N(c2ccc(Cc3ccc4c5c(cccc35)-c3nc(C#N)c(C#N)nc3-4)c(C=C)c2C=C)c2ccccc2O1. The molecule has 4 aromatic carbocycles. The highest BCUT2D eigenvalue weighted by atomic mass is 16.5. The van der Waals surface area contributed by atoms with Crippen molar-refractivity contribution in [3.63, 3.8) is 0 Å². The summed E-state index contributed by atoms with van der Waals surface area (Å²) < 4.78 is 6.15. The number of allylic oxidation sites excluding steroid dienone is 2. The van der Waals surface area contributed by atoms with Crippen molar-refractivity contribution in [3.05, 3.63) is 150 Å². The van der Waals surface area contributed by atoms with Crippen LogP contribution in [0.15, 0.2) is 117 Å². The van der Waals surface area contributed by atoms with E-state index in [1.165, 1.54) is 0 Å². The van der Waals surface area contributed by atoms with Gasteiger partial charge in [0.05, 0.1) is 28.5 Å². The van der Waals surface area contributed by atoms with Crippen molar-refractivity contribution < 1.29 is 4.74 Å². The lowest BCUT2D eigenvalue weighted by Gasteiger charge is -2.34. The van der Waals surface area contributed by atoms with Crippen molar-refractivity contribution in [3.8, 4) is 40.4 Å². The first kappa shape index (κ1) is 27.3. The molecule has 5 aromatic rings. The second kappa shape index (κ2) is 10.6.